The van der Waals surface area contributed by atoms with Crippen molar-refractivity contribution >= 4 is 35.2 Å². The molecule has 2 aliphatic rings. The molecule has 2 N–H and O–H groups in total. The van der Waals surface area contributed by atoms with Gasteiger partial charge in [0.1, 0.15) is 6.04 Å². The second kappa shape index (κ2) is 7.07. The number of thioether (sulfide) groups is 1. The van der Waals surface area contributed by atoms with Gasteiger partial charge in [0.05, 0.1) is 4.87 Å². The molecule has 0 unspecified atom stereocenters. The standard InChI is InChI=1S/C18H23N3O3S/c1-3-9-19-16(23)12-5-4-6-13(10-12)20-17(24)14-11-25-18(2)8-7-15(22)21(14)18/h4-6,10,14H,3,7-9,11H2,1-2H3,(H,19,23)(H,20,24)/t14-,18-/m1/s1. The molecule has 0 aromatic heterocycles. The number of hydrogen-bond donors (Lipinski definition) is 2. The molecule has 0 saturated carbocycles. The van der Waals surface area contributed by atoms with E-state index < -0.39 is 6.04 Å². The van der Waals surface area contributed by atoms with E-state index in [9.17, 15) is 14.4 Å². The molecule has 2 aliphatic heterocycles. The lowest BCUT2D eigenvalue weighted by Crippen LogP contribution is -2.48. The lowest BCUT2D eigenvalue weighted by atomic mass is 10.1. The van der Waals surface area contributed by atoms with Gasteiger partial charge in [-0.05, 0) is 38.0 Å². The van der Waals surface area contributed by atoms with E-state index in [0.717, 1.165) is 12.8 Å². The van der Waals surface area contributed by atoms with Crippen molar-refractivity contribution in [1.82, 2.24) is 10.2 Å². The molecule has 0 spiro atoms. The number of rotatable bonds is 5. The first-order valence-corrected chi connectivity index (χ1v) is 9.58. The highest BCUT2D eigenvalue weighted by atomic mass is 32.2. The summed E-state index contributed by atoms with van der Waals surface area (Å²) in [6.07, 6.45) is 2.15. The Morgan fingerprint density at radius 1 is 1.40 bits per heavy atom. The number of nitrogens with one attached hydrogen (secondary N) is 2. The molecule has 1 aromatic carbocycles. The zero-order valence-electron chi connectivity index (χ0n) is 14.5. The third-order valence-electron chi connectivity index (χ3n) is 4.68. The predicted molar refractivity (Wildman–Crippen MR) is 98.4 cm³/mol. The van der Waals surface area contributed by atoms with Gasteiger partial charge in [-0.3, -0.25) is 14.4 Å². The van der Waals surface area contributed by atoms with Crippen LogP contribution in [0.1, 0.15) is 43.5 Å². The second-order valence-electron chi connectivity index (χ2n) is 6.59. The Morgan fingerprint density at radius 2 is 2.20 bits per heavy atom. The van der Waals surface area contributed by atoms with Gasteiger partial charge in [-0.25, -0.2) is 0 Å². The van der Waals surface area contributed by atoms with Gasteiger partial charge in [-0.1, -0.05) is 13.0 Å². The number of benzene rings is 1. The Kier molecular flexibility index (Phi) is 5.03. The highest BCUT2D eigenvalue weighted by molar-refractivity contribution is 8.01. The van der Waals surface area contributed by atoms with Crippen molar-refractivity contribution in [2.75, 3.05) is 17.6 Å². The lowest BCUT2D eigenvalue weighted by Gasteiger charge is -2.29. The Hall–Kier alpha value is -2.02. The van der Waals surface area contributed by atoms with Crippen molar-refractivity contribution in [3.63, 3.8) is 0 Å². The summed E-state index contributed by atoms with van der Waals surface area (Å²) in [5.41, 5.74) is 1.08. The van der Waals surface area contributed by atoms with Crippen LogP contribution in [-0.4, -0.2) is 45.8 Å². The Morgan fingerprint density at radius 3 is 2.96 bits per heavy atom. The normalized spacial score (nSPS) is 25.0. The monoisotopic (exact) mass is 361 g/mol. The highest BCUT2D eigenvalue weighted by Gasteiger charge is 2.52. The van der Waals surface area contributed by atoms with Gasteiger partial charge in [-0.15, -0.1) is 11.8 Å². The van der Waals surface area contributed by atoms with Crippen LogP contribution in [0.25, 0.3) is 0 Å². The Labute approximate surface area is 151 Å². The van der Waals surface area contributed by atoms with Crippen molar-refractivity contribution in [3.8, 4) is 0 Å². The third-order valence-corrected chi connectivity index (χ3v) is 6.18. The van der Waals surface area contributed by atoms with Crippen LogP contribution in [0.2, 0.25) is 0 Å². The van der Waals surface area contributed by atoms with E-state index in [1.807, 2.05) is 13.8 Å². The van der Waals surface area contributed by atoms with Crippen molar-refractivity contribution < 1.29 is 14.4 Å². The van der Waals surface area contributed by atoms with Crippen molar-refractivity contribution in [1.29, 1.82) is 0 Å². The molecule has 134 valence electrons. The average Bonchev–Trinajstić information content (AvgIpc) is 3.09. The minimum atomic E-state index is -0.456. The average molecular weight is 361 g/mol. The molecular formula is C18H23N3O3S. The first-order chi connectivity index (χ1) is 11.9. The number of hydrogen-bond acceptors (Lipinski definition) is 4. The summed E-state index contributed by atoms with van der Waals surface area (Å²) < 4.78 is 0. The van der Waals surface area contributed by atoms with Gasteiger partial charge in [-0.2, -0.15) is 0 Å². The summed E-state index contributed by atoms with van der Waals surface area (Å²) in [7, 11) is 0. The first-order valence-electron chi connectivity index (χ1n) is 8.60. The molecule has 2 heterocycles. The molecule has 3 amide bonds. The summed E-state index contributed by atoms with van der Waals surface area (Å²) in [6.45, 7) is 4.63. The quantitative estimate of drug-likeness (QED) is 0.843. The second-order valence-corrected chi connectivity index (χ2v) is 8.09. The molecule has 0 aliphatic carbocycles. The molecule has 2 fully saturated rings. The maximum Gasteiger partial charge on any atom is 0.251 e. The van der Waals surface area contributed by atoms with E-state index in [4.69, 9.17) is 0 Å². The van der Waals surface area contributed by atoms with E-state index >= 15 is 0 Å². The van der Waals surface area contributed by atoms with Crippen LogP contribution >= 0.6 is 11.8 Å². The molecular weight excluding hydrogens is 338 g/mol. The number of fused-ring (bicyclic) bond motifs is 1. The summed E-state index contributed by atoms with van der Waals surface area (Å²) >= 11 is 1.66. The molecule has 3 rings (SSSR count). The molecule has 6 nitrogen and oxygen atoms in total. The summed E-state index contributed by atoms with van der Waals surface area (Å²) in [6, 6.07) is 6.41. The minimum Gasteiger partial charge on any atom is -0.352 e. The Bertz CT molecular complexity index is 709. The fraction of sp³-hybridized carbons (Fsp3) is 0.500. The number of anilines is 1. The fourth-order valence-electron chi connectivity index (χ4n) is 3.32. The van der Waals surface area contributed by atoms with Crippen LogP contribution in [0.5, 0.6) is 0 Å². The smallest absolute Gasteiger partial charge is 0.251 e. The van der Waals surface area contributed by atoms with Crippen molar-refractivity contribution in [2.24, 2.45) is 0 Å². The van der Waals surface area contributed by atoms with Gasteiger partial charge in [0.15, 0.2) is 0 Å². The molecule has 0 radical (unpaired) electrons. The summed E-state index contributed by atoms with van der Waals surface area (Å²) in [5, 5.41) is 5.68. The molecule has 7 heteroatoms. The predicted octanol–water partition coefficient (Wildman–Crippen LogP) is 2.22. The van der Waals surface area contributed by atoms with Crippen molar-refractivity contribution in [2.45, 2.75) is 44.0 Å². The third kappa shape index (κ3) is 3.51. The first kappa shape index (κ1) is 17.8. The van der Waals surface area contributed by atoms with Crippen molar-refractivity contribution in [3.05, 3.63) is 29.8 Å². The van der Waals surface area contributed by atoms with Crippen LogP contribution in [0.15, 0.2) is 24.3 Å². The van der Waals surface area contributed by atoms with Crippen LogP contribution in [0, 0.1) is 0 Å². The van der Waals surface area contributed by atoms with E-state index in [2.05, 4.69) is 10.6 Å². The zero-order chi connectivity index (χ0) is 18.0. The van der Waals surface area contributed by atoms with Gasteiger partial charge >= 0.3 is 0 Å². The van der Waals surface area contributed by atoms with E-state index in [1.165, 1.54) is 0 Å². The molecule has 25 heavy (non-hydrogen) atoms. The molecule has 2 atom stereocenters. The maximum absolute atomic E-state index is 12.7. The SMILES string of the molecule is CCCNC(=O)c1cccc(NC(=O)[C@H]2CS[C@]3(C)CCC(=O)N23)c1. The summed E-state index contributed by atoms with van der Waals surface area (Å²) in [5.74, 6) is 0.291. The minimum absolute atomic E-state index is 0.0420. The van der Waals surface area contributed by atoms with E-state index in [-0.39, 0.29) is 22.6 Å². The lowest BCUT2D eigenvalue weighted by molar-refractivity contribution is -0.135. The number of amides is 3. The van der Waals surface area contributed by atoms with Crippen LogP contribution in [0.3, 0.4) is 0 Å². The van der Waals surface area contributed by atoms with E-state index in [0.29, 0.717) is 30.0 Å². The number of carbonyl (C=O) groups excluding carboxylic acids is 3. The molecule has 1 aromatic rings. The summed E-state index contributed by atoms with van der Waals surface area (Å²) in [4.78, 5) is 38.3. The topological polar surface area (TPSA) is 78.5 Å². The zero-order valence-corrected chi connectivity index (χ0v) is 15.3. The van der Waals surface area contributed by atoms with Gasteiger partial charge in [0, 0.05) is 30.0 Å². The van der Waals surface area contributed by atoms with Gasteiger partial charge in [0.25, 0.3) is 5.91 Å². The van der Waals surface area contributed by atoms with Gasteiger partial charge < -0.3 is 15.5 Å². The molecule has 0 bridgehead atoms. The van der Waals surface area contributed by atoms with E-state index in [1.54, 1.807) is 40.9 Å². The van der Waals surface area contributed by atoms with Crippen LogP contribution in [0.4, 0.5) is 5.69 Å². The molecule has 2 saturated heterocycles. The maximum atomic E-state index is 12.7. The van der Waals surface area contributed by atoms with Crippen LogP contribution in [-0.2, 0) is 9.59 Å². The Balaban J connectivity index is 1.69. The fourth-order valence-corrected chi connectivity index (χ4v) is 4.75. The highest BCUT2D eigenvalue weighted by Crippen LogP contribution is 2.47. The number of carbonyl (C=O) groups is 3. The largest absolute Gasteiger partial charge is 0.352 e. The number of nitrogens with zero attached hydrogens (tertiary/aromatic N) is 1. The van der Waals surface area contributed by atoms with Gasteiger partial charge in [0.2, 0.25) is 11.8 Å². The van der Waals surface area contributed by atoms with Crippen LogP contribution < -0.4 is 10.6 Å².